The molecule has 0 atom stereocenters. The summed E-state index contributed by atoms with van der Waals surface area (Å²) in [5, 5.41) is 4.74. The zero-order chi connectivity index (χ0) is 21.8. The number of nitrogens with zero attached hydrogens (tertiary/aromatic N) is 4. The van der Waals surface area contributed by atoms with Crippen molar-refractivity contribution in [2.45, 2.75) is 20.0 Å². The number of benzene rings is 2. The fourth-order valence-electron chi connectivity index (χ4n) is 3.62. The van der Waals surface area contributed by atoms with E-state index in [9.17, 15) is 9.18 Å². The van der Waals surface area contributed by atoms with Crippen molar-refractivity contribution in [2.24, 2.45) is 0 Å². The normalized spacial score (nSPS) is 10.8. The number of aryl methyl sites for hydroxylation is 1. The molecule has 0 spiro atoms. The summed E-state index contributed by atoms with van der Waals surface area (Å²) >= 11 is 0. The van der Waals surface area contributed by atoms with Gasteiger partial charge in [0.05, 0.1) is 0 Å². The Bertz CT molecular complexity index is 1170. The van der Waals surface area contributed by atoms with E-state index in [2.05, 4.69) is 4.98 Å². The van der Waals surface area contributed by atoms with E-state index >= 15 is 0 Å². The Morgan fingerprint density at radius 2 is 1.65 bits per heavy atom. The first-order chi connectivity index (χ1) is 15.1. The molecule has 0 fully saturated rings. The van der Waals surface area contributed by atoms with Gasteiger partial charge in [0.25, 0.3) is 5.91 Å². The molecule has 0 saturated carbocycles. The fourth-order valence-corrected chi connectivity index (χ4v) is 3.62. The van der Waals surface area contributed by atoms with Gasteiger partial charge < -0.3 is 4.90 Å². The second kappa shape index (κ2) is 8.92. The minimum Gasteiger partial charge on any atom is -0.336 e. The molecule has 0 aliphatic heterocycles. The lowest BCUT2D eigenvalue weighted by atomic mass is 9.99. The minimum atomic E-state index is -0.317. The summed E-state index contributed by atoms with van der Waals surface area (Å²) < 4.78 is 15.2. The van der Waals surface area contributed by atoms with Crippen LogP contribution in [0, 0.1) is 5.82 Å². The van der Waals surface area contributed by atoms with Gasteiger partial charge in [0.2, 0.25) is 0 Å². The lowest BCUT2D eigenvalue weighted by Gasteiger charge is -2.19. The number of carbonyl (C=O) groups excluding carboxylic acids is 1. The van der Waals surface area contributed by atoms with Crippen LogP contribution in [0.2, 0.25) is 0 Å². The van der Waals surface area contributed by atoms with E-state index < -0.39 is 0 Å². The molecular weight excluding hydrogens is 391 g/mol. The summed E-state index contributed by atoms with van der Waals surface area (Å²) in [6.45, 7) is 2.96. The lowest BCUT2D eigenvalue weighted by molar-refractivity contribution is 0.0773. The van der Waals surface area contributed by atoms with E-state index in [0.717, 1.165) is 22.3 Å². The molecule has 0 unspecified atom stereocenters. The molecule has 0 aliphatic rings. The van der Waals surface area contributed by atoms with Crippen molar-refractivity contribution in [1.29, 1.82) is 0 Å². The maximum atomic E-state index is 13.6. The quantitative estimate of drug-likeness (QED) is 0.444. The number of pyridine rings is 1. The van der Waals surface area contributed by atoms with Gasteiger partial charge in [0, 0.05) is 43.7 Å². The van der Waals surface area contributed by atoms with Crippen molar-refractivity contribution < 1.29 is 9.18 Å². The summed E-state index contributed by atoms with van der Waals surface area (Å²) in [6, 6.07) is 19.7. The van der Waals surface area contributed by atoms with Gasteiger partial charge in [-0.15, -0.1) is 0 Å². The largest absolute Gasteiger partial charge is 0.336 e. The van der Waals surface area contributed by atoms with Crippen LogP contribution in [0.25, 0.3) is 22.4 Å². The first-order valence-electron chi connectivity index (χ1n) is 10.1. The molecule has 2 aromatic carbocycles. The zero-order valence-electron chi connectivity index (χ0n) is 17.5. The Morgan fingerprint density at radius 1 is 0.968 bits per heavy atom. The SMILES string of the molecule is CCn1nc(-c2ccc(F)cc2)c(-c2ccncc2)c1C(=O)N(C)Cc1ccccc1. The average Bonchev–Trinajstić information content (AvgIpc) is 3.20. The number of aromatic nitrogens is 3. The summed E-state index contributed by atoms with van der Waals surface area (Å²) in [5.74, 6) is -0.443. The molecule has 2 heterocycles. The Kier molecular flexibility index (Phi) is 5.89. The number of hydrogen-bond donors (Lipinski definition) is 0. The maximum absolute atomic E-state index is 13.6. The highest BCUT2D eigenvalue weighted by atomic mass is 19.1. The zero-order valence-corrected chi connectivity index (χ0v) is 17.5. The number of halogens is 1. The van der Waals surface area contributed by atoms with E-state index in [4.69, 9.17) is 5.10 Å². The van der Waals surface area contributed by atoms with Gasteiger partial charge in [0.1, 0.15) is 17.2 Å². The second-order valence-corrected chi connectivity index (χ2v) is 7.28. The first kappa shape index (κ1) is 20.5. The van der Waals surface area contributed by atoms with Crippen LogP contribution in [0.4, 0.5) is 4.39 Å². The molecule has 2 aromatic heterocycles. The molecule has 0 bridgehead atoms. The number of hydrogen-bond acceptors (Lipinski definition) is 3. The van der Waals surface area contributed by atoms with Gasteiger partial charge in [-0.05, 0) is 54.4 Å². The lowest BCUT2D eigenvalue weighted by Crippen LogP contribution is -2.29. The van der Waals surface area contributed by atoms with Crippen LogP contribution in [-0.2, 0) is 13.1 Å². The summed E-state index contributed by atoms with van der Waals surface area (Å²) in [6.07, 6.45) is 3.38. The Labute approximate surface area is 180 Å². The van der Waals surface area contributed by atoms with Crippen LogP contribution in [0.3, 0.4) is 0 Å². The Hall–Kier alpha value is -3.80. The molecule has 156 valence electrons. The topological polar surface area (TPSA) is 51.0 Å². The molecule has 0 N–H and O–H groups in total. The van der Waals surface area contributed by atoms with Crippen molar-refractivity contribution in [2.75, 3.05) is 7.05 Å². The molecule has 6 heteroatoms. The van der Waals surface area contributed by atoms with Crippen LogP contribution < -0.4 is 0 Å². The number of amides is 1. The summed E-state index contributed by atoms with van der Waals surface area (Å²) in [4.78, 5) is 19.4. The molecule has 4 aromatic rings. The molecule has 5 nitrogen and oxygen atoms in total. The van der Waals surface area contributed by atoms with Crippen molar-refractivity contribution in [3.05, 3.63) is 96.2 Å². The summed E-state index contributed by atoms with van der Waals surface area (Å²) in [7, 11) is 1.79. The predicted molar refractivity (Wildman–Crippen MR) is 119 cm³/mol. The second-order valence-electron chi connectivity index (χ2n) is 7.28. The molecular formula is C25H23FN4O. The van der Waals surface area contributed by atoms with Crippen molar-refractivity contribution >= 4 is 5.91 Å². The Balaban J connectivity index is 1.84. The van der Waals surface area contributed by atoms with Gasteiger partial charge in [-0.2, -0.15) is 5.10 Å². The van der Waals surface area contributed by atoms with Crippen LogP contribution in [-0.4, -0.2) is 32.6 Å². The summed E-state index contributed by atoms with van der Waals surface area (Å²) in [5.41, 5.74) is 4.51. The van der Waals surface area contributed by atoms with Gasteiger partial charge in [0.15, 0.2) is 0 Å². The molecule has 0 aliphatic carbocycles. The molecule has 1 amide bonds. The average molecular weight is 414 g/mol. The smallest absolute Gasteiger partial charge is 0.272 e. The van der Waals surface area contributed by atoms with Crippen molar-refractivity contribution in [1.82, 2.24) is 19.7 Å². The highest BCUT2D eigenvalue weighted by molar-refractivity contribution is 6.03. The maximum Gasteiger partial charge on any atom is 0.272 e. The number of carbonyl (C=O) groups is 1. The Morgan fingerprint density at radius 3 is 2.29 bits per heavy atom. The van der Waals surface area contributed by atoms with E-state index in [0.29, 0.717) is 24.5 Å². The molecule has 31 heavy (non-hydrogen) atoms. The fraction of sp³-hybridized carbons (Fsp3) is 0.160. The minimum absolute atomic E-state index is 0.127. The van der Waals surface area contributed by atoms with Crippen molar-refractivity contribution in [3.63, 3.8) is 0 Å². The van der Waals surface area contributed by atoms with Gasteiger partial charge in [-0.25, -0.2) is 4.39 Å². The number of rotatable bonds is 6. The third-order valence-corrected chi connectivity index (χ3v) is 5.15. The van der Waals surface area contributed by atoms with E-state index in [-0.39, 0.29) is 11.7 Å². The highest BCUT2D eigenvalue weighted by Gasteiger charge is 2.27. The highest BCUT2D eigenvalue weighted by Crippen LogP contribution is 2.35. The van der Waals surface area contributed by atoms with Crippen LogP contribution in [0.15, 0.2) is 79.1 Å². The van der Waals surface area contributed by atoms with Crippen molar-refractivity contribution in [3.8, 4) is 22.4 Å². The van der Waals surface area contributed by atoms with E-state index in [1.807, 2.05) is 49.4 Å². The first-order valence-corrected chi connectivity index (χ1v) is 10.1. The third-order valence-electron chi connectivity index (χ3n) is 5.15. The molecule has 4 rings (SSSR count). The molecule has 0 saturated heterocycles. The standard InChI is InChI=1S/C25H23FN4O/c1-3-30-24(25(31)29(2)17-18-7-5-4-6-8-18)22(19-13-15-27-16-14-19)23(28-30)20-9-11-21(26)12-10-20/h4-16H,3,17H2,1-2H3. The van der Waals surface area contributed by atoms with E-state index in [1.54, 1.807) is 41.2 Å². The van der Waals surface area contributed by atoms with Crippen LogP contribution >= 0.6 is 0 Å². The van der Waals surface area contributed by atoms with Gasteiger partial charge >= 0.3 is 0 Å². The predicted octanol–water partition coefficient (Wildman–Crippen LogP) is 5.04. The van der Waals surface area contributed by atoms with E-state index in [1.165, 1.54) is 12.1 Å². The monoisotopic (exact) mass is 414 g/mol. The van der Waals surface area contributed by atoms with Crippen LogP contribution in [0.1, 0.15) is 23.0 Å². The van der Waals surface area contributed by atoms with Crippen LogP contribution in [0.5, 0.6) is 0 Å². The third kappa shape index (κ3) is 4.23. The van der Waals surface area contributed by atoms with Gasteiger partial charge in [-0.3, -0.25) is 14.5 Å². The van der Waals surface area contributed by atoms with Gasteiger partial charge in [-0.1, -0.05) is 30.3 Å². The molecule has 0 radical (unpaired) electrons.